The third-order valence-electron chi connectivity index (χ3n) is 2.38. The minimum absolute atomic E-state index is 0. The molecule has 8 nitrogen and oxygen atoms in total. The fourth-order valence-corrected chi connectivity index (χ4v) is 2.80. The van der Waals surface area contributed by atoms with Gasteiger partial charge in [0.15, 0.2) is 0 Å². The fourth-order valence-electron chi connectivity index (χ4n) is 1.57. The van der Waals surface area contributed by atoms with E-state index < -0.39 is 20.2 Å². The van der Waals surface area contributed by atoms with Crippen LogP contribution in [0.3, 0.4) is 0 Å². The predicted molar refractivity (Wildman–Crippen MR) is 90.6 cm³/mol. The molecule has 0 aliphatic heterocycles. The van der Waals surface area contributed by atoms with Crippen molar-refractivity contribution in [2.24, 2.45) is 0 Å². The molecule has 0 aromatic heterocycles. The molecule has 0 heterocycles. The minimum atomic E-state index is -3.88. The van der Waals surface area contributed by atoms with Gasteiger partial charge < -0.3 is 11.0 Å². The third-order valence-corrected chi connectivity index (χ3v) is 3.78. The molecular formula is C14H20O8S2. The first-order valence-electron chi connectivity index (χ1n) is 6.14. The first-order valence-corrected chi connectivity index (χ1v) is 9.36. The highest BCUT2D eigenvalue weighted by Crippen LogP contribution is 2.03. The highest BCUT2D eigenvalue weighted by Gasteiger charge is 2.05. The van der Waals surface area contributed by atoms with Gasteiger partial charge in [0.25, 0.3) is 20.2 Å². The highest BCUT2D eigenvalue weighted by molar-refractivity contribution is 7.85. The minimum Gasteiger partial charge on any atom is -0.412 e. The normalized spacial score (nSPS) is 10.4. The second kappa shape index (κ2) is 10.9. The molecule has 0 fully saturated rings. The Kier molecular flexibility index (Phi) is 11.1. The summed E-state index contributed by atoms with van der Waals surface area (Å²) in [7, 11) is -7.75. The Morgan fingerprint density at radius 3 is 1.04 bits per heavy atom. The van der Waals surface area contributed by atoms with Crippen molar-refractivity contribution in [2.75, 3.05) is 0 Å². The first-order chi connectivity index (χ1) is 10.2. The van der Waals surface area contributed by atoms with Crippen molar-refractivity contribution in [1.29, 1.82) is 0 Å². The van der Waals surface area contributed by atoms with E-state index in [0.717, 1.165) is 0 Å². The smallest absolute Gasteiger partial charge is 0.269 e. The predicted octanol–water partition coefficient (Wildman–Crippen LogP) is 0.499. The van der Waals surface area contributed by atoms with Crippen molar-refractivity contribution >= 4 is 20.2 Å². The number of hydrogen-bond acceptors (Lipinski definition) is 4. The molecule has 10 heteroatoms. The van der Waals surface area contributed by atoms with Gasteiger partial charge >= 0.3 is 0 Å². The number of hydrogen-bond donors (Lipinski definition) is 2. The van der Waals surface area contributed by atoms with E-state index in [9.17, 15) is 16.8 Å². The molecule has 0 atom stereocenters. The van der Waals surface area contributed by atoms with Crippen LogP contribution in [0.5, 0.6) is 0 Å². The van der Waals surface area contributed by atoms with Crippen LogP contribution in [-0.4, -0.2) is 36.9 Å². The van der Waals surface area contributed by atoms with Gasteiger partial charge in [-0.25, -0.2) is 0 Å². The quantitative estimate of drug-likeness (QED) is 0.731. The van der Waals surface area contributed by atoms with E-state index in [2.05, 4.69) is 0 Å². The van der Waals surface area contributed by atoms with E-state index in [1.54, 1.807) is 60.7 Å². The van der Waals surface area contributed by atoms with Gasteiger partial charge in [-0.15, -0.1) is 0 Å². The van der Waals surface area contributed by atoms with Crippen LogP contribution < -0.4 is 0 Å². The van der Waals surface area contributed by atoms with E-state index in [1.165, 1.54) is 0 Å². The molecule has 0 aliphatic rings. The molecule has 0 spiro atoms. The van der Waals surface area contributed by atoms with Crippen LogP contribution >= 0.6 is 0 Å². The van der Waals surface area contributed by atoms with Gasteiger partial charge in [-0.3, -0.25) is 9.11 Å². The van der Waals surface area contributed by atoms with Crippen molar-refractivity contribution in [2.45, 2.75) is 11.5 Å². The number of benzene rings is 2. The molecule has 136 valence electrons. The molecule has 2 rings (SSSR count). The summed E-state index contributed by atoms with van der Waals surface area (Å²) >= 11 is 0. The topological polar surface area (TPSA) is 172 Å². The second-order valence-electron chi connectivity index (χ2n) is 4.42. The molecule has 0 bridgehead atoms. The van der Waals surface area contributed by atoms with Crippen LogP contribution in [0.4, 0.5) is 0 Å². The Morgan fingerprint density at radius 1 is 0.583 bits per heavy atom. The highest BCUT2D eigenvalue weighted by atomic mass is 32.2. The van der Waals surface area contributed by atoms with Crippen LogP contribution in [0.15, 0.2) is 60.7 Å². The van der Waals surface area contributed by atoms with Gasteiger partial charge in [-0.05, 0) is 11.1 Å². The summed E-state index contributed by atoms with van der Waals surface area (Å²) in [5.41, 5.74) is 1.19. The van der Waals surface area contributed by atoms with Crippen LogP contribution in [-0.2, 0) is 31.7 Å². The maximum Gasteiger partial charge on any atom is 0.269 e. The maximum atomic E-state index is 10.4. The van der Waals surface area contributed by atoms with E-state index >= 15 is 0 Å². The summed E-state index contributed by atoms with van der Waals surface area (Å²) in [5.74, 6) is -0.623. The van der Waals surface area contributed by atoms with E-state index in [-0.39, 0.29) is 22.5 Å². The van der Waals surface area contributed by atoms with E-state index in [0.29, 0.717) is 11.1 Å². The molecule has 0 unspecified atom stereocenters. The van der Waals surface area contributed by atoms with Gasteiger partial charge in [-0.1, -0.05) is 60.7 Å². The van der Waals surface area contributed by atoms with E-state index in [1.807, 2.05) is 0 Å². The van der Waals surface area contributed by atoms with Crippen LogP contribution in [0.2, 0.25) is 0 Å². The average Bonchev–Trinajstić information content (AvgIpc) is 2.38. The van der Waals surface area contributed by atoms with Crippen molar-refractivity contribution in [3.05, 3.63) is 71.8 Å². The van der Waals surface area contributed by atoms with Crippen LogP contribution in [0.1, 0.15) is 11.1 Å². The standard InChI is InChI=1S/2C7H8O3S.2H2O/c2*8-11(9,10)6-7-4-2-1-3-5-7;;/h2*1-5H,6H2,(H,8,9,10);2*1H2. The summed E-state index contributed by atoms with van der Waals surface area (Å²) in [6.45, 7) is 0. The SMILES string of the molecule is O.O.O=S(=O)(O)Cc1ccccc1.O=S(=O)(O)Cc1ccccc1. The molecule has 0 saturated carbocycles. The van der Waals surface area contributed by atoms with Gasteiger partial charge in [0.2, 0.25) is 0 Å². The molecule has 0 amide bonds. The lowest BCUT2D eigenvalue weighted by Crippen LogP contribution is -2.00. The Morgan fingerprint density at radius 2 is 0.833 bits per heavy atom. The Labute approximate surface area is 140 Å². The lowest BCUT2D eigenvalue weighted by molar-refractivity contribution is 0.479. The molecule has 0 aliphatic carbocycles. The van der Waals surface area contributed by atoms with Crippen LogP contribution in [0.25, 0.3) is 0 Å². The Balaban J connectivity index is 0. The summed E-state index contributed by atoms with van der Waals surface area (Å²) < 4.78 is 58.3. The molecule has 0 radical (unpaired) electrons. The van der Waals surface area contributed by atoms with Crippen molar-refractivity contribution in [3.63, 3.8) is 0 Å². The second-order valence-corrected chi connectivity index (χ2v) is 7.33. The summed E-state index contributed by atoms with van der Waals surface area (Å²) in [6, 6.07) is 17.0. The van der Waals surface area contributed by atoms with Gasteiger partial charge in [0.1, 0.15) is 11.5 Å². The summed E-state index contributed by atoms with van der Waals surface area (Å²) in [5, 5.41) is 0. The Bertz CT molecular complexity index is 703. The summed E-state index contributed by atoms with van der Waals surface area (Å²) in [6.07, 6.45) is 0. The zero-order valence-electron chi connectivity index (χ0n) is 12.5. The lowest BCUT2D eigenvalue weighted by atomic mass is 10.2. The Hall–Kier alpha value is -1.82. The lowest BCUT2D eigenvalue weighted by Gasteiger charge is -1.95. The van der Waals surface area contributed by atoms with Crippen molar-refractivity contribution in [1.82, 2.24) is 0 Å². The molecule has 0 saturated heterocycles. The number of rotatable bonds is 4. The summed E-state index contributed by atoms with van der Waals surface area (Å²) in [4.78, 5) is 0. The van der Waals surface area contributed by atoms with Gasteiger partial charge in [0.05, 0.1) is 0 Å². The van der Waals surface area contributed by atoms with Crippen molar-refractivity contribution < 1.29 is 36.9 Å². The molecular weight excluding hydrogens is 360 g/mol. The van der Waals surface area contributed by atoms with Gasteiger partial charge in [-0.2, -0.15) is 16.8 Å². The molecule has 2 aromatic carbocycles. The first kappa shape index (κ1) is 24.4. The average molecular weight is 380 g/mol. The van der Waals surface area contributed by atoms with E-state index in [4.69, 9.17) is 9.11 Å². The van der Waals surface area contributed by atoms with Crippen molar-refractivity contribution in [3.8, 4) is 0 Å². The fraction of sp³-hybridized carbons (Fsp3) is 0.143. The zero-order chi connectivity index (χ0) is 16.6. The monoisotopic (exact) mass is 380 g/mol. The molecule has 6 N–H and O–H groups in total. The molecule has 2 aromatic rings. The largest absolute Gasteiger partial charge is 0.412 e. The van der Waals surface area contributed by atoms with Gasteiger partial charge in [0, 0.05) is 0 Å². The third kappa shape index (κ3) is 12.7. The zero-order valence-corrected chi connectivity index (χ0v) is 14.2. The maximum absolute atomic E-state index is 10.4. The molecule has 24 heavy (non-hydrogen) atoms. The van der Waals surface area contributed by atoms with Crippen LogP contribution in [0, 0.1) is 0 Å².